The van der Waals surface area contributed by atoms with Crippen LogP contribution >= 0.6 is 0 Å². The lowest BCUT2D eigenvalue weighted by molar-refractivity contribution is -0.161. The molecule has 0 saturated heterocycles. The molecule has 2 saturated carbocycles. The molecule has 0 aromatic heterocycles. The second-order valence-corrected chi connectivity index (χ2v) is 8.97. The largest absolute Gasteiger partial charge is 0.469 e. The molecule has 152 valence electrons. The highest BCUT2D eigenvalue weighted by Gasteiger charge is 2.54. The third-order valence-corrected chi connectivity index (χ3v) is 7.15. The molecule has 6 nitrogen and oxygen atoms in total. The molecule has 1 atom stereocenters. The van der Waals surface area contributed by atoms with E-state index in [9.17, 15) is 9.59 Å². The molecule has 6 heteroatoms. The highest BCUT2D eigenvalue weighted by atomic mass is 16.5. The topological polar surface area (TPSA) is 81.9 Å². The van der Waals surface area contributed by atoms with E-state index in [1.807, 2.05) is 13.0 Å². The third-order valence-electron chi connectivity index (χ3n) is 7.15. The quantitative estimate of drug-likeness (QED) is 0.633. The van der Waals surface area contributed by atoms with Gasteiger partial charge >= 0.3 is 12.1 Å². The zero-order valence-electron chi connectivity index (χ0n) is 17.0. The number of carbonyl (C=O) groups excluding carboxylic acids is 2. The van der Waals surface area contributed by atoms with E-state index < -0.39 is 0 Å². The second kappa shape index (κ2) is 6.98. The monoisotopic (exact) mass is 386 g/mol. The molecule has 1 spiro atoms. The Bertz CT molecular complexity index is 792. The average Bonchev–Trinajstić information content (AvgIpc) is 2.63. The molecule has 4 rings (SSSR count). The van der Waals surface area contributed by atoms with E-state index in [0.717, 1.165) is 49.0 Å². The zero-order chi connectivity index (χ0) is 20.1. The lowest BCUT2D eigenvalue weighted by atomic mass is 9.47. The summed E-state index contributed by atoms with van der Waals surface area (Å²) in [5.74, 6) is 0.668. The van der Waals surface area contributed by atoms with Crippen LogP contribution < -0.4 is 10.6 Å². The number of methoxy groups -OCH3 is 2. The molecule has 1 aliphatic heterocycles. The van der Waals surface area contributed by atoms with E-state index in [1.54, 1.807) is 4.90 Å². The van der Waals surface area contributed by atoms with Crippen molar-refractivity contribution in [1.82, 2.24) is 0 Å². The van der Waals surface area contributed by atoms with E-state index in [-0.39, 0.29) is 24.0 Å². The summed E-state index contributed by atoms with van der Waals surface area (Å²) >= 11 is 0. The minimum Gasteiger partial charge on any atom is -0.469 e. The smallest absolute Gasteiger partial charge is 0.414 e. The van der Waals surface area contributed by atoms with Gasteiger partial charge in [-0.2, -0.15) is 0 Å². The van der Waals surface area contributed by atoms with E-state index in [1.165, 1.54) is 32.6 Å². The number of carbonyl (C=O) groups is 2. The Morgan fingerprint density at radius 1 is 1.18 bits per heavy atom. The molecule has 0 unspecified atom stereocenters. The fourth-order valence-electron chi connectivity index (χ4n) is 5.74. The van der Waals surface area contributed by atoms with Gasteiger partial charge in [0.1, 0.15) is 0 Å². The Morgan fingerprint density at radius 2 is 1.89 bits per heavy atom. The Hall–Kier alpha value is -2.24. The molecular formula is C22H30N2O4. The number of fused-ring (bicyclic) bond motifs is 1. The first-order valence-corrected chi connectivity index (χ1v) is 10.2. The van der Waals surface area contributed by atoms with E-state index >= 15 is 0 Å². The van der Waals surface area contributed by atoms with E-state index in [4.69, 9.17) is 15.2 Å². The van der Waals surface area contributed by atoms with E-state index in [0.29, 0.717) is 11.3 Å². The van der Waals surface area contributed by atoms with Crippen molar-refractivity contribution in [1.29, 1.82) is 0 Å². The van der Waals surface area contributed by atoms with E-state index in [2.05, 4.69) is 6.07 Å². The van der Waals surface area contributed by atoms with Gasteiger partial charge in [0.05, 0.1) is 25.8 Å². The van der Waals surface area contributed by atoms with Crippen LogP contribution in [0.15, 0.2) is 12.1 Å². The number of anilines is 2. The van der Waals surface area contributed by atoms with Crippen LogP contribution in [0.4, 0.5) is 16.2 Å². The lowest BCUT2D eigenvalue weighted by Crippen LogP contribution is -2.50. The van der Waals surface area contributed by atoms with Crippen LogP contribution in [0.5, 0.6) is 0 Å². The number of esters is 1. The highest BCUT2D eigenvalue weighted by molar-refractivity contribution is 5.91. The molecule has 0 bridgehead atoms. The molecule has 2 N–H and O–H groups in total. The maximum Gasteiger partial charge on any atom is 0.414 e. The second-order valence-electron chi connectivity index (χ2n) is 8.97. The Kier molecular flexibility index (Phi) is 4.76. The third kappa shape index (κ3) is 3.03. The van der Waals surface area contributed by atoms with Crippen LogP contribution in [-0.2, 0) is 27.1 Å². The van der Waals surface area contributed by atoms with Crippen LogP contribution in [0, 0.1) is 17.3 Å². The number of amides is 1. The van der Waals surface area contributed by atoms with Crippen molar-refractivity contribution >= 4 is 23.4 Å². The van der Waals surface area contributed by atoms with Crippen molar-refractivity contribution in [2.75, 3.05) is 24.9 Å². The van der Waals surface area contributed by atoms with Crippen LogP contribution in [0.1, 0.15) is 50.2 Å². The normalized spacial score (nSPS) is 30.8. The van der Waals surface area contributed by atoms with Gasteiger partial charge in [-0.1, -0.05) is 6.07 Å². The molecule has 28 heavy (non-hydrogen) atoms. The summed E-state index contributed by atoms with van der Waals surface area (Å²) in [6, 6.07) is 4.21. The minimum absolute atomic E-state index is 0.0580. The average molecular weight is 386 g/mol. The minimum atomic E-state index is -0.327. The van der Waals surface area contributed by atoms with Gasteiger partial charge in [0.15, 0.2) is 0 Å². The lowest BCUT2D eigenvalue weighted by Gasteiger charge is -2.57. The fourth-order valence-corrected chi connectivity index (χ4v) is 5.74. The number of nitrogens with zero attached hydrogens (tertiary/aromatic N) is 1. The number of nitrogens with two attached hydrogens (primary N) is 1. The predicted octanol–water partition coefficient (Wildman–Crippen LogP) is 3.70. The Morgan fingerprint density at radius 3 is 2.54 bits per heavy atom. The standard InChI is InChI=1S/C22H30N2O4/c1-13-4-6-17-18(24(13)21(26)28-3)7-5-15(19(17)23)8-14-9-22(10-14)11-16(12-22)20(25)27-2/h5,7,13-14,16H,4,6,8-12,23H2,1-3H3/t13-,14?,16?,22?/m0/s1. The maximum absolute atomic E-state index is 12.2. The molecule has 1 aromatic rings. The van der Waals surface area contributed by atoms with Crippen LogP contribution in [0.2, 0.25) is 0 Å². The van der Waals surface area contributed by atoms with Crippen molar-refractivity contribution < 1.29 is 19.1 Å². The van der Waals surface area contributed by atoms with Gasteiger partial charge in [0.2, 0.25) is 0 Å². The van der Waals surface area contributed by atoms with Crippen molar-refractivity contribution in [3.63, 3.8) is 0 Å². The molecule has 3 aliphatic rings. The summed E-state index contributed by atoms with van der Waals surface area (Å²) in [5.41, 5.74) is 10.9. The van der Waals surface area contributed by atoms with Gasteiger partial charge in [0.25, 0.3) is 0 Å². The van der Waals surface area contributed by atoms with Crippen molar-refractivity contribution in [3.05, 3.63) is 23.3 Å². The molecule has 2 aliphatic carbocycles. The molecule has 2 fully saturated rings. The first-order valence-electron chi connectivity index (χ1n) is 10.2. The predicted molar refractivity (Wildman–Crippen MR) is 107 cm³/mol. The highest BCUT2D eigenvalue weighted by Crippen LogP contribution is 2.62. The SMILES string of the molecule is COC(=O)C1CC2(CC(Cc3ccc4c(c3N)CC[C@H](C)N4C(=O)OC)C2)C1. The van der Waals surface area contributed by atoms with Gasteiger partial charge in [-0.3, -0.25) is 9.69 Å². The number of rotatable bonds is 3. The summed E-state index contributed by atoms with van der Waals surface area (Å²) in [6.45, 7) is 2.04. The van der Waals surface area contributed by atoms with Gasteiger partial charge in [0, 0.05) is 11.7 Å². The van der Waals surface area contributed by atoms with Gasteiger partial charge in [-0.05, 0) is 80.4 Å². The summed E-state index contributed by atoms with van der Waals surface area (Å²) in [4.78, 5) is 25.5. The van der Waals surface area contributed by atoms with Crippen LogP contribution in [0.25, 0.3) is 0 Å². The number of nitrogen functional groups attached to an aromatic ring is 1. The fraction of sp³-hybridized carbons (Fsp3) is 0.636. The number of hydrogen-bond acceptors (Lipinski definition) is 5. The summed E-state index contributed by atoms with van der Waals surface area (Å²) in [6.07, 6.45) is 6.70. The van der Waals surface area contributed by atoms with Crippen molar-refractivity contribution in [2.45, 2.75) is 57.9 Å². The van der Waals surface area contributed by atoms with Gasteiger partial charge in [-0.25, -0.2) is 4.79 Å². The maximum atomic E-state index is 12.2. The van der Waals surface area contributed by atoms with Crippen LogP contribution in [0.3, 0.4) is 0 Å². The molecule has 0 radical (unpaired) electrons. The molecule has 1 amide bonds. The zero-order valence-corrected chi connectivity index (χ0v) is 17.0. The van der Waals surface area contributed by atoms with Crippen molar-refractivity contribution in [3.8, 4) is 0 Å². The number of benzene rings is 1. The molecule has 1 aromatic carbocycles. The summed E-state index contributed by atoms with van der Waals surface area (Å²) in [5, 5.41) is 0. The summed E-state index contributed by atoms with van der Waals surface area (Å²) in [7, 11) is 2.89. The first-order chi connectivity index (χ1) is 13.4. The first kappa shape index (κ1) is 19.1. The Balaban J connectivity index is 1.43. The molecule has 1 heterocycles. The van der Waals surface area contributed by atoms with Crippen LogP contribution in [-0.4, -0.2) is 32.3 Å². The Labute approximate surface area is 166 Å². The molecular weight excluding hydrogens is 356 g/mol. The van der Waals surface area contributed by atoms with Gasteiger partial charge < -0.3 is 15.2 Å². The van der Waals surface area contributed by atoms with Gasteiger partial charge in [-0.15, -0.1) is 0 Å². The number of hydrogen-bond donors (Lipinski definition) is 1. The summed E-state index contributed by atoms with van der Waals surface area (Å²) < 4.78 is 9.82. The number of ether oxygens (including phenoxy) is 2. The van der Waals surface area contributed by atoms with Crippen molar-refractivity contribution in [2.24, 2.45) is 17.3 Å².